The molecule has 0 saturated heterocycles. The second kappa shape index (κ2) is 10.9. The van der Waals surface area contributed by atoms with Gasteiger partial charge in [0.25, 0.3) is 0 Å². The Morgan fingerprint density at radius 1 is 1.10 bits per heavy atom. The number of nitrogens with zero attached hydrogens (tertiary/aromatic N) is 3. The van der Waals surface area contributed by atoms with Gasteiger partial charge >= 0.3 is 6.09 Å². The molecule has 40 heavy (non-hydrogen) atoms. The Labute approximate surface area is 236 Å². The molecule has 2 amide bonds. The van der Waals surface area contributed by atoms with Crippen LogP contribution in [-0.4, -0.2) is 38.2 Å². The second-order valence-corrected chi connectivity index (χ2v) is 11.3. The zero-order chi connectivity index (χ0) is 28.5. The Hall–Kier alpha value is -3.98. The number of fused-ring (bicyclic) bond motifs is 1. The van der Waals surface area contributed by atoms with Crippen molar-refractivity contribution in [2.45, 2.75) is 63.8 Å². The molecule has 0 radical (unpaired) electrons. The van der Waals surface area contributed by atoms with Crippen LogP contribution in [-0.2, 0) is 28.0 Å². The van der Waals surface area contributed by atoms with Gasteiger partial charge in [0.2, 0.25) is 5.91 Å². The average molecular weight is 564 g/mol. The van der Waals surface area contributed by atoms with Gasteiger partial charge in [-0.15, -0.1) is 0 Å². The van der Waals surface area contributed by atoms with Crippen LogP contribution in [0.25, 0.3) is 11.2 Å². The molecule has 8 nitrogen and oxygen atoms in total. The maximum absolute atomic E-state index is 14.6. The van der Waals surface area contributed by atoms with Crippen LogP contribution in [0.1, 0.15) is 50.6 Å². The molecule has 10 heteroatoms. The lowest BCUT2D eigenvalue weighted by atomic mass is 10.0. The van der Waals surface area contributed by atoms with Crippen LogP contribution in [0.2, 0.25) is 5.02 Å². The monoisotopic (exact) mass is 563 g/mol. The van der Waals surface area contributed by atoms with Crippen LogP contribution >= 0.6 is 11.6 Å². The maximum atomic E-state index is 14.6. The van der Waals surface area contributed by atoms with Gasteiger partial charge in [0.1, 0.15) is 28.8 Å². The summed E-state index contributed by atoms with van der Waals surface area (Å²) < 4.78 is 22.1. The summed E-state index contributed by atoms with van der Waals surface area (Å²) in [5, 5.41) is 5.64. The van der Waals surface area contributed by atoms with Gasteiger partial charge in [0.05, 0.1) is 12.1 Å². The lowest BCUT2D eigenvalue weighted by Crippen LogP contribution is -2.49. The third kappa shape index (κ3) is 5.79. The molecule has 1 saturated carbocycles. The van der Waals surface area contributed by atoms with Crippen molar-refractivity contribution >= 4 is 34.8 Å². The zero-order valence-corrected chi connectivity index (χ0v) is 23.3. The molecule has 0 spiro atoms. The molecule has 2 aromatic heterocycles. The number of carbonyl (C=O) groups excluding carboxylic acids is 2. The number of hydrogen-bond donors (Lipinski definition) is 2. The summed E-state index contributed by atoms with van der Waals surface area (Å²) >= 11 is 6.24. The molecule has 1 aliphatic carbocycles. The number of aromatic nitrogens is 3. The van der Waals surface area contributed by atoms with Crippen molar-refractivity contribution in [3.63, 3.8) is 0 Å². The number of carbonyl (C=O) groups is 2. The summed E-state index contributed by atoms with van der Waals surface area (Å²) in [6.07, 6.45) is 2.59. The highest BCUT2D eigenvalue weighted by Gasteiger charge is 2.48. The SMILES string of the molecule is CC(C)(C)OC(=O)N[C@H](Cc1c(F)cccc1Cl)C(=O)NCc1nc2cccnc2n1C1(c2ccccc2)CC1. The molecule has 1 fully saturated rings. The molecule has 1 atom stereocenters. The Bertz CT molecular complexity index is 1530. The van der Waals surface area contributed by atoms with E-state index in [9.17, 15) is 14.0 Å². The first-order valence-corrected chi connectivity index (χ1v) is 13.5. The number of hydrogen-bond acceptors (Lipinski definition) is 5. The molecule has 0 unspecified atom stereocenters. The summed E-state index contributed by atoms with van der Waals surface area (Å²) in [7, 11) is 0. The van der Waals surface area contributed by atoms with E-state index in [2.05, 4.69) is 32.3 Å². The average Bonchev–Trinajstić information content (AvgIpc) is 3.62. The summed E-state index contributed by atoms with van der Waals surface area (Å²) in [4.78, 5) is 35.5. The summed E-state index contributed by atoms with van der Waals surface area (Å²) in [6.45, 7) is 5.22. The first-order valence-electron chi connectivity index (χ1n) is 13.2. The van der Waals surface area contributed by atoms with Crippen molar-refractivity contribution in [2.75, 3.05) is 0 Å². The van der Waals surface area contributed by atoms with E-state index in [0.717, 1.165) is 29.6 Å². The molecule has 208 valence electrons. The highest BCUT2D eigenvalue weighted by atomic mass is 35.5. The molecule has 4 aromatic rings. The van der Waals surface area contributed by atoms with Crippen LogP contribution in [0.4, 0.5) is 9.18 Å². The number of imidazole rings is 1. The number of halogens is 2. The lowest BCUT2D eigenvalue weighted by molar-refractivity contribution is -0.123. The molecule has 2 N–H and O–H groups in total. The van der Waals surface area contributed by atoms with Gasteiger partial charge in [-0.05, 0) is 63.4 Å². The van der Waals surface area contributed by atoms with Crippen LogP contribution in [0.3, 0.4) is 0 Å². The summed E-state index contributed by atoms with van der Waals surface area (Å²) in [6, 6.07) is 17.0. The summed E-state index contributed by atoms with van der Waals surface area (Å²) in [5.41, 5.74) is 1.63. The van der Waals surface area contributed by atoms with Gasteiger partial charge in [-0.2, -0.15) is 0 Å². The van der Waals surface area contributed by atoms with E-state index in [1.54, 1.807) is 27.0 Å². The molecule has 5 rings (SSSR count). The van der Waals surface area contributed by atoms with Gasteiger partial charge in [-0.25, -0.2) is 19.2 Å². The number of amides is 2. The molecular formula is C30H31ClFN5O3. The number of pyridine rings is 1. The van der Waals surface area contributed by atoms with Gasteiger partial charge in [-0.3, -0.25) is 4.79 Å². The van der Waals surface area contributed by atoms with Gasteiger partial charge in [0, 0.05) is 23.2 Å². The third-order valence-corrected chi connectivity index (χ3v) is 7.20. The van der Waals surface area contributed by atoms with E-state index in [4.69, 9.17) is 21.3 Å². The fraction of sp³-hybridized carbons (Fsp3) is 0.333. The van der Waals surface area contributed by atoms with E-state index < -0.39 is 29.5 Å². The first-order chi connectivity index (χ1) is 19.1. The number of rotatable bonds is 8. The quantitative estimate of drug-likeness (QED) is 0.294. The number of benzene rings is 2. The van der Waals surface area contributed by atoms with Crippen LogP contribution in [0.15, 0.2) is 66.9 Å². The molecule has 2 aromatic carbocycles. The molecular weight excluding hydrogens is 533 g/mol. The van der Waals surface area contributed by atoms with Gasteiger partial charge in [-0.1, -0.05) is 48.0 Å². The van der Waals surface area contributed by atoms with Crippen LogP contribution in [0, 0.1) is 5.82 Å². The Morgan fingerprint density at radius 2 is 1.85 bits per heavy atom. The predicted octanol–water partition coefficient (Wildman–Crippen LogP) is 5.51. The topological polar surface area (TPSA) is 98.1 Å². The fourth-order valence-electron chi connectivity index (χ4n) is 4.92. The molecule has 1 aliphatic rings. The van der Waals surface area contributed by atoms with E-state index in [1.807, 2.05) is 30.3 Å². The van der Waals surface area contributed by atoms with Gasteiger partial charge in [0.15, 0.2) is 5.65 Å². The van der Waals surface area contributed by atoms with Crippen LogP contribution in [0.5, 0.6) is 0 Å². The predicted molar refractivity (Wildman–Crippen MR) is 150 cm³/mol. The number of nitrogens with one attached hydrogen (secondary N) is 2. The smallest absolute Gasteiger partial charge is 0.408 e. The van der Waals surface area contributed by atoms with E-state index >= 15 is 0 Å². The standard InChI is InChI=1S/C30H31ClFN5O3/c1-29(2,3)40-28(39)36-24(17-20-21(31)11-7-12-22(20)32)27(38)34-18-25-35-23-13-8-16-33-26(23)37(25)30(14-15-30)19-9-5-4-6-10-19/h4-13,16,24H,14-15,17-18H2,1-3H3,(H,34,38)(H,36,39)/t24-/m1/s1. The van der Waals surface area contributed by atoms with E-state index in [0.29, 0.717) is 5.82 Å². The largest absolute Gasteiger partial charge is 0.444 e. The maximum Gasteiger partial charge on any atom is 0.408 e. The number of alkyl carbamates (subject to hydrolysis) is 1. The Morgan fingerprint density at radius 3 is 2.52 bits per heavy atom. The fourth-order valence-corrected chi connectivity index (χ4v) is 5.16. The van der Waals surface area contributed by atoms with Crippen molar-refractivity contribution in [2.24, 2.45) is 0 Å². The normalized spacial score (nSPS) is 14.9. The van der Waals surface area contributed by atoms with Gasteiger partial charge < -0.3 is 19.9 Å². The zero-order valence-electron chi connectivity index (χ0n) is 22.6. The minimum Gasteiger partial charge on any atom is -0.444 e. The highest BCUT2D eigenvalue weighted by Crippen LogP contribution is 2.51. The van der Waals surface area contributed by atoms with E-state index in [1.165, 1.54) is 18.2 Å². The lowest BCUT2D eigenvalue weighted by Gasteiger charge is -2.24. The van der Waals surface area contributed by atoms with Crippen LogP contribution < -0.4 is 10.6 Å². The molecule has 0 bridgehead atoms. The second-order valence-electron chi connectivity index (χ2n) is 10.9. The highest BCUT2D eigenvalue weighted by molar-refractivity contribution is 6.31. The van der Waals surface area contributed by atoms with Crippen molar-refractivity contribution in [3.8, 4) is 0 Å². The Kier molecular flexibility index (Phi) is 7.51. The van der Waals surface area contributed by atoms with Crippen molar-refractivity contribution in [3.05, 3.63) is 94.7 Å². The Balaban J connectivity index is 1.43. The molecule has 2 heterocycles. The third-order valence-electron chi connectivity index (χ3n) is 6.85. The van der Waals surface area contributed by atoms with Crippen molar-refractivity contribution in [1.29, 1.82) is 0 Å². The summed E-state index contributed by atoms with van der Waals surface area (Å²) in [5.74, 6) is -0.465. The van der Waals surface area contributed by atoms with Crippen molar-refractivity contribution < 1.29 is 18.7 Å². The number of ether oxygens (including phenoxy) is 1. The minimum atomic E-state index is -1.15. The molecule has 0 aliphatic heterocycles. The van der Waals surface area contributed by atoms with Crippen molar-refractivity contribution in [1.82, 2.24) is 25.2 Å². The minimum absolute atomic E-state index is 0.0707. The van der Waals surface area contributed by atoms with E-state index in [-0.39, 0.29) is 29.1 Å². The first kappa shape index (κ1) is 27.6.